The van der Waals surface area contributed by atoms with Gasteiger partial charge in [-0.1, -0.05) is 27.2 Å². The zero-order valence-corrected chi connectivity index (χ0v) is 10.2. The Morgan fingerprint density at radius 3 is 2.27 bits per heavy atom. The van der Waals surface area contributed by atoms with Crippen molar-refractivity contribution in [2.45, 2.75) is 46.3 Å². The van der Waals surface area contributed by atoms with Crippen molar-refractivity contribution in [3.8, 4) is 0 Å². The van der Waals surface area contributed by atoms with E-state index in [-0.39, 0.29) is 5.92 Å². The van der Waals surface area contributed by atoms with Crippen LogP contribution in [0.2, 0.25) is 0 Å². The molecule has 0 aromatic rings. The Labute approximate surface area is 92.1 Å². The molecule has 2 atom stereocenters. The van der Waals surface area contributed by atoms with Crippen LogP contribution in [0.15, 0.2) is 0 Å². The Morgan fingerprint density at radius 1 is 1.40 bits per heavy atom. The van der Waals surface area contributed by atoms with Crippen LogP contribution in [-0.2, 0) is 14.3 Å². The zero-order chi connectivity index (χ0) is 11.5. The molecule has 0 radical (unpaired) electrons. The van der Waals surface area contributed by atoms with Gasteiger partial charge in [-0.15, -0.1) is 0 Å². The number of rotatable bonds is 5. The minimum atomic E-state index is -0.704. The maximum absolute atomic E-state index is 11.4. The van der Waals surface area contributed by atoms with Crippen LogP contribution >= 0.6 is 0 Å². The average molecular weight is 214 g/mol. The molecule has 0 amide bonds. The molecule has 0 saturated carbocycles. The monoisotopic (exact) mass is 214 g/mol. The largest absolute Gasteiger partial charge is 0.347 e. The van der Waals surface area contributed by atoms with E-state index in [4.69, 9.17) is 9.47 Å². The molecule has 1 aliphatic heterocycles. The summed E-state index contributed by atoms with van der Waals surface area (Å²) in [6.07, 6.45) is 2.67. The molecule has 15 heavy (non-hydrogen) atoms. The van der Waals surface area contributed by atoms with Gasteiger partial charge < -0.3 is 14.3 Å². The number of hydrogen-bond donors (Lipinski definition) is 0. The van der Waals surface area contributed by atoms with Gasteiger partial charge in [0.25, 0.3) is 0 Å². The molecular formula is C12H22O3. The molecule has 3 heteroatoms. The molecule has 0 aromatic heterocycles. The maximum atomic E-state index is 11.4. The summed E-state index contributed by atoms with van der Waals surface area (Å²) in [5, 5.41) is 0. The summed E-state index contributed by atoms with van der Waals surface area (Å²) in [5.74, 6) is -0.447. The summed E-state index contributed by atoms with van der Waals surface area (Å²) < 4.78 is 11.4. The van der Waals surface area contributed by atoms with Crippen molar-refractivity contribution in [3.05, 3.63) is 0 Å². The second kappa shape index (κ2) is 4.62. The molecule has 1 heterocycles. The van der Waals surface area contributed by atoms with Crippen LogP contribution in [0.5, 0.6) is 0 Å². The molecule has 0 N–H and O–H groups in total. The number of aldehydes is 1. The van der Waals surface area contributed by atoms with Crippen molar-refractivity contribution in [2.75, 3.05) is 13.2 Å². The maximum Gasteiger partial charge on any atom is 0.180 e. The van der Waals surface area contributed by atoms with E-state index in [0.717, 1.165) is 12.7 Å². The van der Waals surface area contributed by atoms with Crippen LogP contribution in [0.3, 0.4) is 0 Å². The third-order valence-corrected chi connectivity index (χ3v) is 3.92. The van der Waals surface area contributed by atoms with Crippen molar-refractivity contribution in [2.24, 2.45) is 11.3 Å². The Bertz CT molecular complexity index is 221. The third-order valence-electron chi connectivity index (χ3n) is 3.92. The third kappa shape index (κ3) is 1.83. The lowest BCUT2D eigenvalue weighted by Crippen LogP contribution is -2.52. The topological polar surface area (TPSA) is 35.5 Å². The van der Waals surface area contributed by atoms with Gasteiger partial charge in [-0.05, 0) is 19.3 Å². The highest BCUT2D eigenvalue weighted by molar-refractivity contribution is 5.61. The lowest BCUT2D eigenvalue weighted by molar-refractivity contribution is -0.237. The fourth-order valence-electron chi connectivity index (χ4n) is 2.36. The highest BCUT2D eigenvalue weighted by Gasteiger charge is 2.54. The molecule has 0 aromatic carbocycles. The molecule has 0 bridgehead atoms. The molecule has 1 fully saturated rings. The summed E-state index contributed by atoms with van der Waals surface area (Å²) in [6.45, 7) is 9.31. The standard InChI is InChI=1S/C12H22O3/c1-5-10(3)11(4,9-13)12(6-2)14-7-8-15-12/h9-10H,5-8H2,1-4H3. The van der Waals surface area contributed by atoms with Crippen molar-refractivity contribution >= 4 is 6.29 Å². The first-order valence-corrected chi connectivity index (χ1v) is 5.80. The number of ether oxygens (including phenoxy) is 2. The van der Waals surface area contributed by atoms with Gasteiger partial charge in [-0.25, -0.2) is 0 Å². The van der Waals surface area contributed by atoms with Gasteiger partial charge in [0.2, 0.25) is 0 Å². The first kappa shape index (κ1) is 12.7. The summed E-state index contributed by atoms with van der Waals surface area (Å²) >= 11 is 0. The predicted molar refractivity (Wildman–Crippen MR) is 58.6 cm³/mol. The quantitative estimate of drug-likeness (QED) is 0.659. The van der Waals surface area contributed by atoms with Gasteiger partial charge in [0.05, 0.1) is 18.6 Å². The lowest BCUT2D eigenvalue weighted by Gasteiger charge is -2.43. The summed E-state index contributed by atoms with van der Waals surface area (Å²) in [7, 11) is 0. The van der Waals surface area contributed by atoms with E-state index in [0.29, 0.717) is 19.6 Å². The Morgan fingerprint density at radius 2 is 1.93 bits per heavy atom. The second-order valence-electron chi connectivity index (χ2n) is 4.51. The fraction of sp³-hybridized carbons (Fsp3) is 0.917. The number of carbonyl (C=O) groups is 1. The zero-order valence-electron chi connectivity index (χ0n) is 10.2. The number of hydrogen-bond acceptors (Lipinski definition) is 3. The Balaban J connectivity index is 3.01. The van der Waals surface area contributed by atoms with E-state index < -0.39 is 11.2 Å². The molecule has 88 valence electrons. The highest BCUT2D eigenvalue weighted by Crippen LogP contribution is 2.45. The van der Waals surface area contributed by atoms with E-state index in [1.165, 1.54) is 0 Å². The van der Waals surface area contributed by atoms with E-state index in [1.807, 2.05) is 13.8 Å². The van der Waals surface area contributed by atoms with Crippen molar-refractivity contribution < 1.29 is 14.3 Å². The van der Waals surface area contributed by atoms with Gasteiger partial charge >= 0.3 is 0 Å². The van der Waals surface area contributed by atoms with E-state index >= 15 is 0 Å². The van der Waals surface area contributed by atoms with Crippen LogP contribution in [0.1, 0.15) is 40.5 Å². The van der Waals surface area contributed by atoms with Gasteiger partial charge in [0.15, 0.2) is 5.79 Å². The van der Waals surface area contributed by atoms with Crippen LogP contribution < -0.4 is 0 Å². The summed E-state index contributed by atoms with van der Waals surface area (Å²) in [4.78, 5) is 11.4. The van der Waals surface area contributed by atoms with E-state index in [1.54, 1.807) is 0 Å². The second-order valence-corrected chi connectivity index (χ2v) is 4.51. The molecule has 1 aliphatic rings. The van der Waals surface area contributed by atoms with Gasteiger partial charge in [0, 0.05) is 0 Å². The summed E-state index contributed by atoms with van der Waals surface area (Å²) in [6, 6.07) is 0. The molecule has 0 spiro atoms. The first-order valence-electron chi connectivity index (χ1n) is 5.80. The minimum absolute atomic E-state index is 0.257. The smallest absolute Gasteiger partial charge is 0.180 e. The van der Waals surface area contributed by atoms with Crippen LogP contribution in [-0.4, -0.2) is 25.3 Å². The summed E-state index contributed by atoms with van der Waals surface area (Å²) in [5.41, 5.74) is -0.549. The Kier molecular flexibility index (Phi) is 3.90. The van der Waals surface area contributed by atoms with E-state index in [2.05, 4.69) is 13.8 Å². The van der Waals surface area contributed by atoms with Gasteiger partial charge in [-0.3, -0.25) is 0 Å². The van der Waals surface area contributed by atoms with Gasteiger partial charge in [0.1, 0.15) is 6.29 Å². The SMILES string of the molecule is CCC(C)C(C)(C=O)C1(CC)OCCO1. The molecular weight excluding hydrogens is 192 g/mol. The van der Waals surface area contributed by atoms with Gasteiger partial charge in [-0.2, -0.15) is 0 Å². The van der Waals surface area contributed by atoms with Crippen LogP contribution in [0.25, 0.3) is 0 Å². The van der Waals surface area contributed by atoms with E-state index in [9.17, 15) is 4.79 Å². The highest BCUT2D eigenvalue weighted by atomic mass is 16.7. The van der Waals surface area contributed by atoms with Crippen molar-refractivity contribution in [1.82, 2.24) is 0 Å². The van der Waals surface area contributed by atoms with Crippen LogP contribution in [0.4, 0.5) is 0 Å². The molecule has 0 aliphatic carbocycles. The van der Waals surface area contributed by atoms with Crippen molar-refractivity contribution in [1.29, 1.82) is 0 Å². The molecule has 2 unspecified atom stereocenters. The normalized spacial score (nSPS) is 25.9. The number of carbonyl (C=O) groups excluding carboxylic acids is 1. The molecule has 1 rings (SSSR count). The fourth-order valence-corrected chi connectivity index (χ4v) is 2.36. The first-order chi connectivity index (χ1) is 7.06. The molecule has 3 nitrogen and oxygen atoms in total. The molecule has 1 saturated heterocycles. The predicted octanol–water partition coefficient (Wildman–Crippen LogP) is 2.39. The Hall–Kier alpha value is -0.410. The van der Waals surface area contributed by atoms with Crippen molar-refractivity contribution in [3.63, 3.8) is 0 Å². The minimum Gasteiger partial charge on any atom is -0.347 e. The van der Waals surface area contributed by atoms with Crippen LogP contribution in [0, 0.1) is 11.3 Å². The average Bonchev–Trinajstić information content (AvgIpc) is 2.76. The lowest BCUT2D eigenvalue weighted by atomic mass is 9.70.